The standard InChI is InChI=1S/C10H8BrFN2O/c11-9-6(3-13)1-2-8(10(9)12)15-7-4-14-5-7/h1-2,7,14H,4-5H2. The zero-order chi connectivity index (χ0) is 10.8. The predicted molar refractivity (Wildman–Crippen MR) is 56.1 cm³/mol. The lowest BCUT2D eigenvalue weighted by molar-refractivity contribution is 0.136. The molecule has 1 N–H and O–H groups in total. The second kappa shape index (κ2) is 4.17. The van der Waals surface area contributed by atoms with Gasteiger partial charge in [0, 0.05) is 13.1 Å². The fraction of sp³-hybridized carbons (Fsp3) is 0.300. The number of hydrogen-bond donors (Lipinski definition) is 1. The van der Waals surface area contributed by atoms with Crippen molar-refractivity contribution < 1.29 is 9.13 Å². The van der Waals surface area contributed by atoms with E-state index in [-0.39, 0.29) is 21.9 Å². The van der Waals surface area contributed by atoms with Crippen LogP contribution in [-0.4, -0.2) is 19.2 Å². The third-order valence-corrected chi connectivity index (χ3v) is 2.98. The number of nitrogens with one attached hydrogen (secondary N) is 1. The minimum absolute atomic E-state index is 0.0272. The Morgan fingerprint density at radius 2 is 2.27 bits per heavy atom. The molecule has 1 saturated heterocycles. The average molecular weight is 271 g/mol. The third-order valence-electron chi connectivity index (χ3n) is 2.20. The van der Waals surface area contributed by atoms with E-state index >= 15 is 0 Å². The van der Waals surface area contributed by atoms with Gasteiger partial charge in [-0.2, -0.15) is 5.26 Å². The van der Waals surface area contributed by atoms with Crippen LogP contribution < -0.4 is 10.1 Å². The Morgan fingerprint density at radius 1 is 1.53 bits per heavy atom. The maximum absolute atomic E-state index is 13.6. The maximum Gasteiger partial charge on any atom is 0.180 e. The van der Waals surface area contributed by atoms with E-state index in [0.717, 1.165) is 13.1 Å². The summed E-state index contributed by atoms with van der Waals surface area (Å²) in [6, 6.07) is 4.91. The summed E-state index contributed by atoms with van der Waals surface area (Å²) < 4.78 is 19.2. The normalized spacial score (nSPS) is 15.5. The highest BCUT2D eigenvalue weighted by Gasteiger charge is 2.21. The van der Waals surface area contributed by atoms with Crippen molar-refractivity contribution in [1.29, 1.82) is 5.26 Å². The second-order valence-corrected chi connectivity index (χ2v) is 4.04. The van der Waals surface area contributed by atoms with E-state index in [9.17, 15) is 4.39 Å². The Labute approximate surface area is 95.0 Å². The minimum atomic E-state index is -0.513. The molecule has 0 saturated carbocycles. The van der Waals surface area contributed by atoms with Gasteiger partial charge >= 0.3 is 0 Å². The topological polar surface area (TPSA) is 45.0 Å². The summed E-state index contributed by atoms with van der Waals surface area (Å²) in [5, 5.41) is 11.7. The number of nitrogens with zero attached hydrogens (tertiary/aromatic N) is 1. The first-order chi connectivity index (χ1) is 7.22. The number of ether oxygens (including phenoxy) is 1. The fourth-order valence-corrected chi connectivity index (χ4v) is 1.65. The molecule has 0 spiro atoms. The molecule has 78 valence electrons. The molecule has 15 heavy (non-hydrogen) atoms. The summed E-state index contributed by atoms with van der Waals surface area (Å²) in [6.07, 6.45) is 0.0272. The van der Waals surface area contributed by atoms with Crippen molar-refractivity contribution in [3.63, 3.8) is 0 Å². The SMILES string of the molecule is N#Cc1ccc(OC2CNC2)c(F)c1Br. The Balaban J connectivity index is 2.25. The van der Waals surface area contributed by atoms with Crippen LogP contribution in [-0.2, 0) is 0 Å². The first-order valence-corrected chi connectivity index (χ1v) is 5.27. The molecule has 2 rings (SSSR count). The molecule has 0 atom stereocenters. The number of benzene rings is 1. The van der Waals surface area contributed by atoms with E-state index in [1.807, 2.05) is 6.07 Å². The summed E-state index contributed by atoms with van der Waals surface area (Å²) in [4.78, 5) is 0. The minimum Gasteiger partial charge on any atom is -0.485 e. The van der Waals surface area contributed by atoms with Gasteiger partial charge in [-0.3, -0.25) is 0 Å². The number of nitriles is 1. The molecule has 5 heteroatoms. The molecule has 3 nitrogen and oxygen atoms in total. The first-order valence-electron chi connectivity index (χ1n) is 4.48. The molecule has 1 aliphatic heterocycles. The van der Waals surface area contributed by atoms with E-state index < -0.39 is 5.82 Å². The molecule has 0 radical (unpaired) electrons. The smallest absolute Gasteiger partial charge is 0.180 e. The van der Waals surface area contributed by atoms with Gasteiger partial charge < -0.3 is 10.1 Å². The van der Waals surface area contributed by atoms with Crippen LogP contribution in [0.4, 0.5) is 4.39 Å². The largest absolute Gasteiger partial charge is 0.485 e. The van der Waals surface area contributed by atoms with Crippen molar-refractivity contribution in [3.8, 4) is 11.8 Å². The first kappa shape index (κ1) is 10.4. The van der Waals surface area contributed by atoms with Crippen LogP contribution in [0.1, 0.15) is 5.56 Å². The molecule has 1 aromatic rings. The van der Waals surface area contributed by atoms with Crippen molar-refractivity contribution in [2.45, 2.75) is 6.10 Å². The molecule has 1 aromatic carbocycles. The Kier molecular flexibility index (Phi) is 2.89. The quantitative estimate of drug-likeness (QED) is 0.892. The van der Waals surface area contributed by atoms with Crippen LogP contribution in [0, 0.1) is 17.1 Å². The molecular formula is C10H8BrFN2O. The monoisotopic (exact) mass is 270 g/mol. The fourth-order valence-electron chi connectivity index (χ4n) is 1.23. The van der Waals surface area contributed by atoms with E-state index in [0.29, 0.717) is 0 Å². The predicted octanol–water partition coefficient (Wildman–Crippen LogP) is 1.81. The third kappa shape index (κ3) is 1.96. The molecule has 0 aliphatic carbocycles. The zero-order valence-electron chi connectivity index (χ0n) is 7.76. The van der Waals surface area contributed by atoms with Gasteiger partial charge in [-0.15, -0.1) is 0 Å². The van der Waals surface area contributed by atoms with Crippen LogP contribution in [0.5, 0.6) is 5.75 Å². The van der Waals surface area contributed by atoms with Gasteiger partial charge in [-0.25, -0.2) is 4.39 Å². The highest BCUT2D eigenvalue weighted by Crippen LogP contribution is 2.29. The maximum atomic E-state index is 13.6. The molecule has 1 heterocycles. The van der Waals surface area contributed by atoms with Crippen LogP contribution in [0.2, 0.25) is 0 Å². The average Bonchev–Trinajstić information content (AvgIpc) is 2.18. The van der Waals surface area contributed by atoms with E-state index in [2.05, 4.69) is 21.2 Å². The second-order valence-electron chi connectivity index (χ2n) is 3.25. The van der Waals surface area contributed by atoms with Crippen molar-refractivity contribution in [3.05, 3.63) is 28.0 Å². The van der Waals surface area contributed by atoms with E-state index in [1.54, 1.807) is 0 Å². The summed E-state index contributed by atoms with van der Waals surface area (Å²) >= 11 is 3.03. The highest BCUT2D eigenvalue weighted by atomic mass is 79.9. The van der Waals surface area contributed by atoms with Gasteiger partial charge in [0.2, 0.25) is 0 Å². The molecule has 1 fully saturated rings. The van der Waals surface area contributed by atoms with Crippen molar-refractivity contribution >= 4 is 15.9 Å². The molecule has 0 bridgehead atoms. The zero-order valence-corrected chi connectivity index (χ0v) is 9.34. The summed E-state index contributed by atoms with van der Waals surface area (Å²) in [7, 11) is 0. The molecule has 0 aromatic heterocycles. The Bertz CT molecular complexity index is 426. The lowest BCUT2D eigenvalue weighted by Gasteiger charge is -2.28. The van der Waals surface area contributed by atoms with Gasteiger partial charge in [0.1, 0.15) is 12.2 Å². The lowest BCUT2D eigenvalue weighted by Crippen LogP contribution is -2.50. The Hall–Kier alpha value is -1.12. The highest BCUT2D eigenvalue weighted by molar-refractivity contribution is 9.10. The summed E-state index contributed by atoms with van der Waals surface area (Å²) in [5.41, 5.74) is 0.270. The van der Waals surface area contributed by atoms with Gasteiger partial charge in [0.05, 0.1) is 10.0 Å². The molecule has 0 amide bonds. The molecule has 1 aliphatic rings. The number of hydrogen-bond acceptors (Lipinski definition) is 3. The van der Waals surface area contributed by atoms with Crippen molar-refractivity contribution in [2.24, 2.45) is 0 Å². The number of rotatable bonds is 2. The summed E-state index contributed by atoms with van der Waals surface area (Å²) in [6.45, 7) is 1.47. The van der Waals surface area contributed by atoms with Crippen LogP contribution in [0.3, 0.4) is 0 Å². The van der Waals surface area contributed by atoms with Crippen LogP contribution in [0.25, 0.3) is 0 Å². The number of halogens is 2. The van der Waals surface area contributed by atoms with Gasteiger partial charge in [-0.1, -0.05) is 0 Å². The van der Waals surface area contributed by atoms with Crippen molar-refractivity contribution in [1.82, 2.24) is 5.32 Å². The van der Waals surface area contributed by atoms with Crippen LogP contribution in [0.15, 0.2) is 16.6 Å². The van der Waals surface area contributed by atoms with Gasteiger partial charge in [0.25, 0.3) is 0 Å². The molecular weight excluding hydrogens is 263 g/mol. The Morgan fingerprint density at radius 3 is 2.80 bits per heavy atom. The van der Waals surface area contributed by atoms with Crippen LogP contribution >= 0.6 is 15.9 Å². The van der Waals surface area contributed by atoms with Crippen molar-refractivity contribution in [2.75, 3.05) is 13.1 Å². The lowest BCUT2D eigenvalue weighted by atomic mass is 10.2. The molecule has 0 unspecified atom stereocenters. The van der Waals surface area contributed by atoms with E-state index in [4.69, 9.17) is 10.00 Å². The summed E-state index contributed by atoms with van der Waals surface area (Å²) in [5.74, 6) is -0.326. The van der Waals surface area contributed by atoms with E-state index in [1.165, 1.54) is 12.1 Å². The van der Waals surface area contributed by atoms with Gasteiger partial charge in [0.15, 0.2) is 11.6 Å². The van der Waals surface area contributed by atoms with Gasteiger partial charge in [-0.05, 0) is 28.1 Å².